The Hall–Kier alpha value is -1.19. The van der Waals surface area contributed by atoms with Crippen LogP contribution in [-0.2, 0) is 0 Å². The van der Waals surface area contributed by atoms with E-state index < -0.39 is 0 Å². The molecule has 0 aliphatic carbocycles. The lowest BCUT2D eigenvalue weighted by Gasteiger charge is -2.14. The van der Waals surface area contributed by atoms with Crippen LogP contribution in [0.2, 0.25) is 5.02 Å². The summed E-state index contributed by atoms with van der Waals surface area (Å²) < 4.78 is 10.5. The molecule has 1 aromatic carbocycles. The second kappa shape index (κ2) is 4.36. The van der Waals surface area contributed by atoms with Crippen LogP contribution in [0.4, 0.5) is 0 Å². The van der Waals surface area contributed by atoms with E-state index >= 15 is 0 Å². The summed E-state index contributed by atoms with van der Waals surface area (Å²) in [7, 11) is 0. The van der Waals surface area contributed by atoms with Crippen molar-refractivity contribution in [3.05, 3.63) is 34.9 Å². The first-order valence-corrected chi connectivity index (χ1v) is 5.44. The van der Waals surface area contributed by atoms with Gasteiger partial charge in [-0.05, 0) is 25.0 Å². The number of benzene rings is 1. The predicted octanol–water partition coefficient (Wildman–Crippen LogP) is 3.03. The lowest BCUT2D eigenvalue weighted by molar-refractivity contribution is 0.174. The number of nitrogens with two attached hydrogens (primary N) is 1. The third-order valence-electron chi connectivity index (χ3n) is 2.46. The first-order chi connectivity index (χ1) is 7.58. The van der Waals surface area contributed by atoms with Gasteiger partial charge in [-0.3, -0.25) is 0 Å². The Kier molecular flexibility index (Phi) is 3.08. The van der Waals surface area contributed by atoms with Crippen molar-refractivity contribution in [3.8, 4) is 11.5 Å². The van der Waals surface area contributed by atoms with E-state index in [0.29, 0.717) is 22.9 Å². The molecule has 4 heteroatoms. The summed E-state index contributed by atoms with van der Waals surface area (Å²) in [5.41, 5.74) is 7.95. The zero-order valence-electron chi connectivity index (χ0n) is 9.13. The Labute approximate surface area is 99.8 Å². The Bertz CT molecular complexity index is 431. The van der Waals surface area contributed by atoms with Crippen molar-refractivity contribution in [1.82, 2.24) is 0 Å². The van der Waals surface area contributed by atoms with Crippen molar-refractivity contribution in [2.24, 2.45) is 5.73 Å². The van der Waals surface area contributed by atoms with Gasteiger partial charge in [-0.1, -0.05) is 17.2 Å². The Morgan fingerprint density at radius 3 is 2.75 bits per heavy atom. The van der Waals surface area contributed by atoms with Gasteiger partial charge in [0.25, 0.3) is 0 Å². The van der Waals surface area contributed by atoms with Crippen LogP contribution in [0.15, 0.2) is 24.3 Å². The SMILES string of the molecule is C=C(C)C[C@@H](N)c1cc2c(cc1Cl)OCO2. The molecule has 0 spiro atoms. The minimum absolute atomic E-state index is 0.153. The molecule has 2 rings (SSSR count). The highest BCUT2D eigenvalue weighted by Gasteiger charge is 2.19. The minimum atomic E-state index is -0.153. The van der Waals surface area contributed by atoms with Crippen LogP contribution < -0.4 is 15.2 Å². The fourth-order valence-electron chi connectivity index (χ4n) is 1.70. The first-order valence-electron chi connectivity index (χ1n) is 5.07. The molecule has 0 amide bonds. The summed E-state index contributed by atoms with van der Waals surface area (Å²) in [4.78, 5) is 0. The third kappa shape index (κ3) is 2.15. The van der Waals surface area contributed by atoms with Gasteiger partial charge in [0.1, 0.15) is 0 Å². The zero-order valence-corrected chi connectivity index (χ0v) is 9.88. The van der Waals surface area contributed by atoms with Gasteiger partial charge in [-0.2, -0.15) is 0 Å². The van der Waals surface area contributed by atoms with Gasteiger partial charge < -0.3 is 15.2 Å². The van der Waals surface area contributed by atoms with E-state index in [4.69, 9.17) is 26.8 Å². The summed E-state index contributed by atoms with van der Waals surface area (Å²) in [5.74, 6) is 1.38. The van der Waals surface area contributed by atoms with Gasteiger partial charge in [0.05, 0.1) is 0 Å². The molecule has 0 saturated carbocycles. The normalized spacial score (nSPS) is 14.9. The van der Waals surface area contributed by atoms with Crippen LogP contribution in [-0.4, -0.2) is 6.79 Å². The number of hydrogen-bond donors (Lipinski definition) is 1. The predicted molar refractivity (Wildman–Crippen MR) is 63.9 cm³/mol. The molecule has 1 heterocycles. The van der Waals surface area contributed by atoms with Gasteiger partial charge >= 0.3 is 0 Å². The average Bonchev–Trinajstić information content (AvgIpc) is 2.61. The quantitative estimate of drug-likeness (QED) is 0.825. The molecule has 16 heavy (non-hydrogen) atoms. The third-order valence-corrected chi connectivity index (χ3v) is 2.79. The van der Waals surface area contributed by atoms with Crippen LogP contribution in [0.3, 0.4) is 0 Å². The van der Waals surface area contributed by atoms with Crippen LogP contribution in [0.5, 0.6) is 11.5 Å². The molecule has 0 radical (unpaired) electrons. The van der Waals surface area contributed by atoms with Crippen LogP contribution in [0, 0.1) is 0 Å². The fraction of sp³-hybridized carbons (Fsp3) is 0.333. The molecule has 1 aliphatic heterocycles. The van der Waals surface area contributed by atoms with Crippen molar-refractivity contribution in [3.63, 3.8) is 0 Å². The summed E-state index contributed by atoms with van der Waals surface area (Å²) in [6.45, 7) is 6.03. The Balaban J connectivity index is 2.30. The Morgan fingerprint density at radius 1 is 1.50 bits per heavy atom. The molecule has 1 aliphatic rings. The zero-order chi connectivity index (χ0) is 11.7. The number of rotatable bonds is 3. The topological polar surface area (TPSA) is 44.5 Å². The smallest absolute Gasteiger partial charge is 0.231 e. The van der Waals surface area contributed by atoms with E-state index in [9.17, 15) is 0 Å². The van der Waals surface area contributed by atoms with Crippen molar-refractivity contribution in [2.75, 3.05) is 6.79 Å². The molecule has 1 aromatic rings. The Morgan fingerprint density at radius 2 is 2.12 bits per heavy atom. The maximum absolute atomic E-state index is 6.14. The number of hydrogen-bond acceptors (Lipinski definition) is 3. The van der Waals surface area contributed by atoms with E-state index in [0.717, 1.165) is 11.1 Å². The van der Waals surface area contributed by atoms with E-state index in [2.05, 4.69) is 6.58 Å². The van der Waals surface area contributed by atoms with Crippen molar-refractivity contribution in [2.45, 2.75) is 19.4 Å². The van der Waals surface area contributed by atoms with Gasteiger partial charge in [-0.25, -0.2) is 0 Å². The molecule has 0 aromatic heterocycles. The van der Waals surface area contributed by atoms with Crippen LogP contribution in [0.25, 0.3) is 0 Å². The molecule has 0 fully saturated rings. The van der Waals surface area contributed by atoms with Gasteiger partial charge in [-0.15, -0.1) is 6.58 Å². The van der Waals surface area contributed by atoms with E-state index in [-0.39, 0.29) is 12.8 Å². The highest BCUT2D eigenvalue weighted by atomic mass is 35.5. The number of halogens is 1. The van der Waals surface area contributed by atoms with Crippen molar-refractivity contribution >= 4 is 11.6 Å². The fourth-order valence-corrected chi connectivity index (χ4v) is 2.00. The van der Waals surface area contributed by atoms with Gasteiger partial charge in [0.15, 0.2) is 11.5 Å². The number of fused-ring (bicyclic) bond motifs is 1. The molecule has 0 unspecified atom stereocenters. The van der Waals surface area contributed by atoms with E-state index in [1.54, 1.807) is 6.07 Å². The molecular formula is C12H14ClNO2. The highest BCUT2D eigenvalue weighted by molar-refractivity contribution is 6.31. The summed E-state index contributed by atoms with van der Waals surface area (Å²) in [6, 6.07) is 3.44. The largest absolute Gasteiger partial charge is 0.454 e. The second-order valence-electron chi connectivity index (χ2n) is 3.99. The monoisotopic (exact) mass is 239 g/mol. The standard InChI is InChI=1S/C12H14ClNO2/c1-7(2)3-10(14)8-4-11-12(5-9(8)13)16-6-15-11/h4-5,10H,1,3,6,14H2,2H3/t10-/m1/s1. The lowest BCUT2D eigenvalue weighted by Crippen LogP contribution is -2.11. The maximum Gasteiger partial charge on any atom is 0.231 e. The maximum atomic E-state index is 6.14. The summed E-state index contributed by atoms with van der Waals surface area (Å²) in [5, 5.41) is 0.609. The molecule has 3 nitrogen and oxygen atoms in total. The number of ether oxygens (including phenoxy) is 2. The van der Waals surface area contributed by atoms with Gasteiger partial charge in [0.2, 0.25) is 6.79 Å². The summed E-state index contributed by atoms with van der Waals surface area (Å²) >= 11 is 6.14. The minimum Gasteiger partial charge on any atom is -0.454 e. The van der Waals surface area contributed by atoms with Crippen molar-refractivity contribution < 1.29 is 9.47 Å². The van der Waals surface area contributed by atoms with Crippen molar-refractivity contribution in [1.29, 1.82) is 0 Å². The van der Waals surface area contributed by atoms with E-state index in [1.165, 1.54) is 0 Å². The molecule has 0 bridgehead atoms. The second-order valence-corrected chi connectivity index (χ2v) is 4.40. The molecule has 86 valence electrons. The highest BCUT2D eigenvalue weighted by Crippen LogP contribution is 2.39. The summed E-state index contributed by atoms with van der Waals surface area (Å²) in [6.07, 6.45) is 0.708. The molecule has 0 saturated heterocycles. The van der Waals surface area contributed by atoms with Crippen LogP contribution in [0.1, 0.15) is 24.9 Å². The molecular weight excluding hydrogens is 226 g/mol. The van der Waals surface area contributed by atoms with E-state index in [1.807, 2.05) is 13.0 Å². The molecule has 1 atom stereocenters. The average molecular weight is 240 g/mol. The molecule has 2 N–H and O–H groups in total. The van der Waals surface area contributed by atoms with Gasteiger partial charge in [0, 0.05) is 17.1 Å². The lowest BCUT2D eigenvalue weighted by atomic mass is 10.0. The first kappa shape index (κ1) is 11.3. The van der Waals surface area contributed by atoms with Crippen LogP contribution >= 0.6 is 11.6 Å².